The highest BCUT2D eigenvalue weighted by molar-refractivity contribution is 5.89. The molecule has 29 heavy (non-hydrogen) atoms. The maximum absolute atomic E-state index is 12.1. The Morgan fingerprint density at radius 1 is 1.14 bits per heavy atom. The zero-order chi connectivity index (χ0) is 20.6. The largest absolute Gasteiger partial charge is 0.485 e. The minimum atomic E-state index is -0.848. The van der Waals surface area contributed by atoms with Crippen molar-refractivity contribution in [3.8, 4) is 5.75 Å². The molecule has 1 atom stereocenters. The lowest BCUT2D eigenvalue weighted by atomic mass is 10.1. The molecule has 0 bridgehead atoms. The average Bonchev–Trinajstić information content (AvgIpc) is 3.25. The van der Waals surface area contributed by atoms with Gasteiger partial charge < -0.3 is 24.4 Å². The lowest BCUT2D eigenvalue weighted by molar-refractivity contribution is 0.0600. The van der Waals surface area contributed by atoms with Gasteiger partial charge in [-0.1, -0.05) is 35.5 Å². The third-order valence-corrected chi connectivity index (χ3v) is 3.95. The van der Waals surface area contributed by atoms with E-state index in [4.69, 9.17) is 9.26 Å². The Balaban J connectivity index is 1.49. The molecule has 9 nitrogen and oxygen atoms in total. The van der Waals surface area contributed by atoms with Crippen molar-refractivity contribution in [2.45, 2.75) is 12.7 Å². The summed E-state index contributed by atoms with van der Waals surface area (Å²) in [6.45, 7) is -0.0232. The van der Waals surface area contributed by atoms with E-state index in [1.54, 1.807) is 48.5 Å². The Labute approximate surface area is 166 Å². The third kappa shape index (κ3) is 5.39. The topological polar surface area (TPSA) is 124 Å². The normalized spacial score (nSPS) is 11.5. The Bertz CT molecular complexity index is 956. The van der Waals surface area contributed by atoms with Gasteiger partial charge in [0.15, 0.2) is 6.61 Å². The summed E-state index contributed by atoms with van der Waals surface area (Å²) in [5.74, 6) is -0.607. The zero-order valence-electron chi connectivity index (χ0n) is 15.6. The van der Waals surface area contributed by atoms with E-state index >= 15 is 0 Å². The van der Waals surface area contributed by atoms with Crippen molar-refractivity contribution in [3.63, 3.8) is 0 Å². The van der Waals surface area contributed by atoms with E-state index in [0.717, 1.165) is 0 Å². The van der Waals surface area contributed by atoms with Gasteiger partial charge in [0.1, 0.15) is 5.75 Å². The van der Waals surface area contributed by atoms with E-state index in [1.807, 2.05) is 6.07 Å². The summed E-state index contributed by atoms with van der Waals surface area (Å²) in [4.78, 5) is 27.5. The Morgan fingerprint density at radius 3 is 2.55 bits per heavy atom. The Kier molecular flexibility index (Phi) is 6.54. The van der Waals surface area contributed by atoms with E-state index in [9.17, 15) is 14.7 Å². The minimum Gasteiger partial charge on any atom is -0.485 e. The molecule has 2 aromatic carbocycles. The molecule has 1 unspecified atom stereocenters. The fraction of sp³-hybridized carbons (Fsp3) is 0.200. The highest BCUT2D eigenvalue weighted by Crippen LogP contribution is 2.14. The van der Waals surface area contributed by atoms with Gasteiger partial charge in [0, 0.05) is 6.54 Å². The van der Waals surface area contributed by atoms with Gasteiger partial charge in [-0.3, -0.25) is 4.79 Å². The Hall–Kier alpha value is -3.72. The lowest BCUT2D eigenvalue weighted by Crippen LogP contribution is -2.28. The number of nitrogens with zero attached hydrogens (tertiary/aromatic N) is 2. The number of aliphatic hydroxyl groups excluding tert-OH is 1. The van der Waals surface area contributed by atoms with Crippen molar-refractivity contribution >= 4 is 11.9 Å². The predicted octanol–water partition coefficient (Wildman–Crippen LogP) is 1.90. The van der Waals surface area contributed by atoms with Gasteiger partial charge in [0.05, 0.1) is 18.8 Å². The monoisotopic (exact) mass is 397 g/mol. The standard InChI is InChI=1S/C20H19N3O6/c1-27-20(26)14-7-9-15(10-8-14)28-12-17-22-19(29-23-17)18(25)21-11-16(24)13-5-3-2-4-6-13/h2-10,16,24H,11-12H2,1H3,(H,21,25). The van der Waals surface area contributed by atoms with Crippen LogP contribution in [0, 0.1) is 0 Å². The number of hydrogen-bond acceptors (Lipinski definition) is 8. The number of nitrogens with one attached hydrogen (secondary N) is 1. The lowest BCUT2D eigenvalue weighted by Gasteiger charge is -2.10. The summed E-state index contributed by atoms with van der Waals surface area (Å²) in [7, 11) is 1.30. The van der Waals surface area contributed by atoms with Crippen molar-refractivity contribution in [1.29, 1.82) is 0 Å². The molecule has 0 aliphatic rings. The van der Waals surface area contributed by atoms with Gasteiger partial charge >= 0.3 is 17.8 Å². The maximum atomic E-state index is 12.1. The van der Waals surface area contributed by atoms with Crippen molar-refractivity contribution in [1.82, 2.24) is 15.5 Å². The molecule has 0 aliphatic carbocycles. The third-order valence-electron chi connectivity index (χ3n) is 3.95. The number of carbonyl (C=O) groups is 2. The summed E-state index contributed by atoms with van der Waals surface area (Å²) in [5.41, 5.74) is 1.08. The fourth-order valence-corrected chi connectivity index (χ4v) is 2.42. The SMILES string of the molecule is COC(=O)c1ccc(OCc2noc(C(=O)NCC(O)c3ccccc3)n2)cc1. The predicted molar refractivity (Wildman–Crippen MR) is 100 cm³/mol. The van der Waals surface area contributed by atoms with E-state index in [2.05, 4.69) is 20.2 Å². The van der Waals surface area contributed by atoms with Crippen molar-refractivity contribution in [2.75, 3.05) is 13.7 Å². The molecular weight excluding hydrogens is 378 g/mol. The van der Waals surface area contributed by atoms with Crippen LogP contribution in [0.5, 0.6) is 5.75 Å². The molecule has 9 heteroatoms. The summed E-state index contributed by atoms with van der Waals surface area (Å²) >= 11 is 0. The zero-order valence-corrected chi connectivity index (χ0v) is 15.6. The van der Waals surface area contributed by atoms with Crippen molar-refractivity contribution < 1.29 is 28.7 Å². The maximum Gasteiger partial charge on any atom is 0.337 e. The number of methoxy groups -OCH3 is 1. The van der Waals surface area contributed by atoms with Crippen LogP contribution in [0.15, 0.2) is 59.1 Å². The number of carbonyl (C=O) groups excluding carboxylic acids is 2. The van der Waals surface area contributed by atoms with E-state index < -0.39 is 18.0 Å². The second kappa shape index (κ2) is 9.47. The van der Waals surface area contributed by atoms with Gasteiger partial charge in [-0.25, -0.2) is 4.79 Å². The van der Waals surface area contributed by atoms with Crippen LogP contribution in [0.1, 0.15) is 38.5 Å². The molecule has 1 amide bonds. The number of rotatable bonds is 8. The molecule has 0 aliphatic heterocycles. The van der Waals surface area contributed by atoms with Crippen molar-refractivity contribution in [3.05, 3.63) is 77.4 Å². The second-order valence-corrected chi connectivity index (χ2v) is 5.96. The van der Waals surface area contributed by atoms with E-state index in [1.165, 1.54) is 7.11 Å². The summed E-state index contributed by atoms with van der Waals surface area (Å²) in [5, 5.41) is 16.3. The molecule has 0 spiro atoms. The summed E-state index contributed by atoms with van der Waals surface area (Å²) in [6, 6.07) is 15.3. The van der Waals surface area contributed by atoms with Gasteiger partial charge in [-0.2, -0.15) is 4.98 Å². The smallest absolute Gasteiger partial charge is 0.337 e. The first-order valence-corrected chi connectivity index (χ1v) is 8.72. The van der Waals surface area contributed by atoms with Gasteiger partial charge in [-0.05, 0) is 29.8 Å². The highest BCUT2D eigenvalue weighted by Gasteiger charge is 2.17. The summed E-state index contributed by atoms with van der Waals surface area (Å²) < 4.78 is 15.0. The van der Waals surface area contributed by atoms with Crippen LogP contribution in [0.3, 0.4) is 0 Å². The molecule has 0 fully saturated rings. The number of ether oxygens (including phenoxy) is 2. The highest BCUT2D eigenvalue weighted by atomic mass is 16.5. The summed E-state index contributed by atoms with van der Waals surface area (Å²) in [6.07, 6.45) is -0.848. The first kappa shape index (κ1) is 20.0. The van der Waals surface area contributed by atoms with Crippen LogP contribution < -0.4 is 10.1 Å². The molecule has 0 saturated carbocycles. The van der Waals surface area contributed by atoms with E-state index in [-0.39, 0.29) is 24.9 Å². The second-order valence-electron chi connectivity index (χ2n) is 5.96. The van der Waals surface area contributed by atoms with Gasteiger partial charge in [0.25, 0.3) is 0 Å². The number of aromatic nitrogens is 2. The molecule has 1 heterocycles. The van der Waals surface area contributed by atoms with Crippen LogP contribution >= 0.6 is 0 Å². The van der Waals surface area contributed by atoms with Gasteiger partial charge in [0.2, 0.25) is 5.82 Å². The molecule has 150 valence electrons. The average molecular weight is 397 g/mol. The van der Waals surface area contributed by atoms with Crippen LogP contribution in [0.2, 0.25) is 0 Å². The van der Waals surface area contributed by atoms with Crippen LogP contribution in [-0.2, 0) is 11.3 Å². The quantitative estimate of drug-likeness (QED) is 0.553. The molecular formula is C20H19N3O6. The van der Waals surface area contributed by atoms with Crippen LogP contribution in [0.25, 0.3) is 0 Å². The molecule has 3 aromatic rings. The van der Waals surface area contributed by atoms with Crippen molar-refractivity contribution in [2.24, 2.45) is 0 Å². The molecule has 1 aromatic heterocycles. The number of esters is 1. The number of aliphatic hydroxyl groups is 1. The Morgan fingerprint density at radius 2 is 1.86 bits per heavy atom. The number of hydrogen-bond donors (Lipinski definition) is 2. The molecule has 3 rings (SSSR count). The minimum absolute atomic E-state index is 0.00357. The van der Waals surface area contributed by atoms with Gasteiger partial charge in [-0.15, -0.1) is 0 Å². The molecule has 0 saturated heterocycles. The fourth-order valence-electron chi connectivity index (χ4n) is 2.42. The number of benzene rings is 2. The molecule has 2 N–H and O–H groups in total. The first-order chi connectivity index (χ1) is 14.1. The first-order valence-electron chi connectivity index (χ1n) is 8.72. The van der Waals surface area contributed by atoms with Crippen LogP contribution in [0.4, 0.5) is 0 Å². The van der Waals surface area contributed by atoms with E-state index in [0.29, 0.717) is 16.9 Å². The van der Waals surface area contributed by atoms with Crippen LogP contribution in [-0.4, -0.2) is 40.8 Å². The molecule has 0 radical (unpaired) electrons. The number of amides is 1.